The van der Waals surface area contributed by atoms with Crippen LogP contribution in [0.1, 0.15) is 30.9 Å². The Labute approximate surface area is 168 Å². The van der Waals surface area contributed by atoms with Crippen LogP contribution in [-0.4, -0.2) is 43.6 Å². The molecule has 1 heterocycles. The Balaban J connectivity index is 1.37. The van der Waals surface area contributed by atoms with Gasteiger partial charge in [-0.15, -0.1) is 0 Å². The summed E-state index contributed by atoms with van der Waals surface area (Å²) in [6, 6.07) is 18.9. The molecule has 0 aromatic heterocycles. The Hall–Kier alpha value is -2.33. The summed E-state index contributed by atoms with van der Waals surface area (Å²) in [5, 5.41) is 3.27. The first kappa shape index (κ1) is 20.4. The van der Waals surface area contributed by atoms with Gasteiger partial charge in [0.05, 0.1) is 7.11 Å². The Morgan fingerprint density at radius 1 is 1.07 bits per heavy atom. The highest BCUT2D eigenvalue weighted by Crippen LogP contribution is 2.16. The van der Waals surface area contributed by atoms with Gasteiger partial charge in [-0.25, -0.2) is 0 Å². The van der Waals surface area contributed by atoms with Crippen LogP contribution in [0.25, 0.3) is 0 Å². The van der Waals surface area contributed by atoms with Crippen molar-refractivity contribution >= 4 is 5.91 Å². The lowest BCUT2D eigenvalue weighted by molar-refractivity contribution is -0.125. The van der Waals surface area contributed by atoms with E-state index in [1.165, 1.54) is 11.1 Å². The number of hydrogen-bond acceptors (Lipinski definition) is 3. The number of rotatable bonds is 8. The molecule has 150 valence electrons. The molecule has 1 N–H and O–H groups in total. The van der Waals surface area contributed by atoms with Gasteiger partial charge in [-0.2, -0.15) is 0 Å². The molecule has 28 heavy (non-hydrogen) atoms. The van der Waals surface area contributed by atoms with Crippen molar-refractivity contribution < 1.29 is 9.53 Å². The number of benzene rings is 2. The molecule has 0 bridgehead atoms. The van der Waals surface area contributed by atoms with Gasteiger partial charge in [0.25, 0.3) is 0 Å². The third kappa shape index (κ3) is 6.10. The lowest BCUT2D eigenvalue weighted by Crippen LogP contribution is -2.46. The van der Waals surface area contributed by atoms with Crippen LogP contribution in [0.5, 0.6) is 5.75 Å². The normalized spacial score (nSPS) is 16.5. The second-order valence-corrected chi connectivity index (χ2v) is 7.81. The quantitative estimate of drug-likeness (QED) is 0.759. The summed E-state index contributed by atoms with van der Waals surface area (Å²) >= 11 is 0. The van der Waals surface area contributed by atoms with E-state index in [-0.39, 0.29) is 11.8 Å². The van der Waals surface area contributed by atoms with Crippen LogP contribution in [0, 0.1) is 5.92 Å². The second kappa shape index (κ2) is 10.3. The second-order valence-electron chi connectivity index (χ2n) is 7.81. The maximum absolute atomic E-state index is 12.6. The molecule has 0 aliphatic carbocycles. The highest BCUT2D eigenvalue weighted by Gasteiger charge is 2.22. The standard InChI is InChI=1S/C24H32N2O2/c1-19(18-21-8-10-23(28-2)11-9-21)24(27)25-22-13-16-26(17-14-22)15-12-20-6-4-3-5-7-20/h3-11,19,22H,12-18H2,1-2H3,(H,25,27). The molecule has 1 aliphatic heterocycles. The van der Waals surface area contributed by atoms with Crippen LogP contribution in [0.15, 0.2) is 54.6 Å². The van der Waals surface area contributed by atoms with E-state index >= 15 is 0 Å². The topological polar surface area (TPSA) is 41.6 Å². The SMILES string of the molecule is COc1ccc(CC(C)C(=O)NC2CCN(CCc3ccccc3)CC2)cc1. The lowest BCUT2D eigenvalue weighted by Gasteiger charge is -2.33. The van der Waals surface area contributed by atoms with Gasteiger partial charge >= 0.3 is 0 Å². The van der Waals surface area contributed by atoms with E-state index in [1.54, 1.807) is 7.11 Å². The zero-order valence-electron chi connectivity index (χ0n) is 17.1. The van der Waals surface area contributed by atoms with Gasteiger partial charge in [-0.05, 0) is 48.9 Å². The summed E-state index contributed by atoms with van der Waals surface area (Å²) in [6.45, 7) is 5.22. The number of carbonyl (C=O) groups excluding carboxylic acids is 1. The number of hydrogen-bond donors (Lipinski definition) is 1. The summed E-state index contributed by atoms with van der Waals surface area (Å²) in [7, 11) is 1.66. The number of methoxy groups -OCH3 is 1. The number of nitrogens with zero attached hydrogens (tertiary/aromatic N) is 1. The molecular formula is C24H32N2O2. The Kier molecular flexibility index (Phi) is 7.49. The molecule has 2 aromatic carbocycles. The Morgan fingerprint density at radius 2 is 1.75 bits per heavy atom. The van der Waals surface area contributed by atoms with Crippen LogP contribution in [0.2, 0.25) is 0 Å². The maximum Gasteiger partial charge on any atom is 0.223 e. The fourth-order valence-corrected chi connectivity index (χ4v) is 3.78. The number of piperidine rings is 1. The summed E-state index contributed by atoms with van der Waals surface area (Å²) in [6.07, 6.45) is 3.92. The molecule has 1 unspecified atom stereocenters. The van der Waals surface area contributed by atoms with Crippen molar-refractivity contribution in [1.29, 1.82) is 0 Å². The highest BCUT2D eigenvalue weighted by atomic mass is 16.5. The van der Waals surface area contributed by atoms with Crippen LogP contribution >= 0.6 is 0 Å². The summed E-state index contributed by atoms with van der Waals surface area (Å²) in [5.74, 6) is 0.989. The van der Waals surface area contributed by atoms with Crippen LogP contribution < -0.4 is 10.1 Å². The number of amides is 1. The number of likely N-dealkylation sites (tertiary alicyclic amines) is 1. The van der Waals surface area contributed by atoms with Crippen molar-refractivity contribution in [2.45, 2.75) is 38.6 Å². The minimum atomic E-state index is -0.0236. The Morgan fingerprint density at radius 3 is 2.39 bits per heavy atom. The van der Waals surface area contributed by atoms with E-state index in [0.717, 1.165) is 51.1 Å². The fraction of sp³-hybridized carbons (Fsp3) is 0.458. The summed E-state index contributed by atoms with van der Waals surface area (Å²) in [5.41, 5.74) is 2.56. The maximum atomic E-state index is 12.6. The van der Waals surface area contributed by atoms with Crippen molar-refractivity contribution in [3.63, 3.8) is 0 Å². The predicted molar refractivity (Wildman–Crippen MR) is 114 cm³/mol. The lowest BCUT2D eigenvalue weighted by atomic mass is 9.98. The van der Waals surface area contributed by atoms with Crippen molar-refractivity contribution in [3.05, 3.63) is 65.7 Å². The largest absolute Gasteiger partial charge is 0.497 e. The average Bonchev–Trinajstić information content (AvgIpc) is 2.74. The van der Waals surface area contributed by atoms with Gasteiger partial charge in [0.2, 0.25) is 5.91 Å². The van der Waals surface area contributed by atoms with E-state index in [2.05, 4.69) is 40.5 Å². The third-order valence-corrected chi connectivity index (χ3v) is 5.64. The first-order valence-electron chi connectivity index (χ1n) is 10.3. The molecule has 4 nitrogen and oxygen atoms in total. The van der Waals surface area contributed by atoms with Gasteiger partial charge < -0.3 is 15.0 Å². The molecule has 1 aliphatic rings. The zero-order valence-corrected chi connectivity index (χ0v) is 17.1. The molecule has 1 saturated heterocycles. The van der Waals surface area contributed by atoms with Crippen molar-refractivity contribution in [3.8, 4) is 5.75 Å². The zero-order chi connectivity index (χ0) is 19.8. The smallest absolute Gasteiger partial charge is 0.223 e. The van der Waals surface area contributed by atoms with E-state index in [4.69, 9.17) is 4.74 Å². The third-order valence-electron chi connectivity index (χ3n) is 5.64. The van der Waals surface area contributed by atoms with Crippen LogP contribution in [0.3, 0.4) is 0 Å². The number of nitrogens with one attached hydrogen (secondary N) is 1. The molecule has 3 rings (SSSR count). The fourth-order valence-electron chi connectivity index (χ4n) is 3.78. The summed E-state index contributed by atoms with van der Waals surface area (Å²) in [4.78, 5) is 15.1. The van der Waals surface area contributed by atoms with Gasteiger partial charge in [0.15, 0.2) is 0 Å². The first-order valence-corrected chi connectivity index (χ1v) is 10.3. The summed E-state index contributed by atoms with van der Waals surface area (Å²) < 4.78 is 5.19. The molecule has 4 heteroatoms. The average molecular weight is 381 g/mol. The molecule has 1 atom stereocenters. The molecule has 1 amide bonds. The van der Waals surface area contributed by atoms with Crippen molar-refractivity contribution in [1.82, 2.24) is 10.2 Å². The van der Waals surface area contributed by atoms with Gasteiger partial charge in [0.1, 0.15) is 5.75 Å². The van der Waals surface area contributed by atoms with Crippen LogP contribution in [-0.2, 0) is 17.6 Å². The Bertz CT molecular complexity index is 722. The van der Waals surface area contributed by atoms with Gasteiger partial charge in [-0.1, -0.05) is 49.4 Å². The molecule has 0 spiro atoms. The van der Waals surface area contributed by atoms with Gasteiger partial charge in [-0.3, -0.25) is 4.79 Å². The van der Waals surface area contributed by atoms with E-state index < -0.39 is 0 Å². The molecule has 2 aromatic rings. The molecular weight excluding hydrogens is 348 g/mol. The van der Waals surface area contributed by atoms with Crippen molar-refractivity contribution in [2.24, 2.45) is 5.92 Å². The molecule has 0 radical (unpaired) electrons. The predicted octanol–water partition coefficient (Wildman–Crippen LogP) is 3.70. The molecule has 0 saturated carbocycles. The number of carbonyl (C=O) groups is 1. The van der Waals surface area contributed by atoms with E-state index in [9.17, 15) is 4.79 Å². The minimum absolute atomic E-state index is 0.0236. The van der Waals surface area contributed by atoms with Gasteiger partial charge in [0, 0.05) is 31.6 Å². The van der Waals surface area contributed by atoms with E-state index in [1.807, 2.05) is 31.2 Å². The van der Waals surface area contributed by atoms with Crippen LogP contribution in [0.4, 0.5) is 0 Å². The monoisotopic (exact) mass is 380 g/mol. The molecule has 1 fully saturated rings. The highest BCUT2D eigenvalue weighted by molar-refractivity contribution is 5.78. The van der Waals surface area contributed by atoms with Crippen molar-refractivity contribution in [2.75, 3.05) is 26.7 Å². The minimum Gasteiger partial charge on any atom is -0.497 e. The number of ether oxygens (including phenoxy) is 1. The first-order chi connectivity index (χ1) is 13.6. The van der Waals surface area contributed by atoms with E-state index in [0.29, 0.717) is 6.04 Å².